The van der Waals surface area contributed by atoms with Crippen LogP contribution in [0.1, 0.15) is 33.6 Å². The number of carbonyl (C=O) groups is 3. The molecule has 1 atom stereocenters. The van der Waals surface area contributed by atoms with Crippen molar-refractivity contribution in [3.63, 3.8) is 0 Å². The van der Waals surface area contributed by atoms with E-state index in [0.29, 0.717) is 30.2 Å². The van der Waals surface area contributed by atoms with Crippen molar-refractivity contribution in [3.8, 4) is 0 Å². The fraction of sp³-hybridized carbons (Fsp3) is 0.455. The molecule has 1 heterocycles. The van der Waals surface area contributed by atoms with Crippen LogP contribution < -0.4 is 16.1 Å². The van der Waals surface area contributed by atoms with Gasteiger partial charge in [0.2, 0.25) is 5.91 Å². The molecule has 9 heteroatoms. The van der Waals surface area contributed by atoms with Gasteiger partial charge in [-0.3, -0.25) is 19.8 Å². The summed E-state index contributed by atoms with van der Waals surface area (Å²) < 4.78 is 0. The number of carbonyl (C=O) groups excluding carboxylic acids is 3. The molecule has 0 aliphatic carbocycles. The summed E-state index contributed by atoms with van der Waals surface area (Å²) in [6.07, 6.45) is 2.59. The molecule has 1 aromatic heterocycles. The summed E-state index contributed by atoms with van der Waals surface area (Å²) in [5.74, 6) is -0.593. The van der Waals surface area contributed by atoms with Gasteiger partial charge in [0.1, 0.15) is 6.54 Å². The molecule has 0 spiro atoms. The van der Waals surface area contributed by atoms with Crippen molar-refractivity contribution in [2.75, 3.05) is 25.0 Å². The summed E-state index contributed by atoms with van der Waals surface area (Å²) in [6, 6.07) is 8.91. The maximum absolute atomic E-state index is 12.6. The SMILES string of the molecule is CC(C)CCN(CC(=O)NO)C(=O)C[C@H](C)CNC(=O)Nc1cccc2cccnc12. The first-order valence-electron chi connectivity index (χ1n) is 10.4. The smallest absolute Gasteiger partial charge is 0.319 e. The number of nitrogens with zero attached hydrogens (tertiary/aromatic N) is 2. The van der Waals surface area contributed by atoms with Crippen molar-refractivity contribution >= 4 is 34.4 Å². The Morgan fingerprint density at radius 3 is 2.58 bits per heavy atom. The molecule has 0 aliphatic heterocycles. The van der Waals surface area contributed by atoms with E-state index in [1.54, 1.807) is 17.7 Å². The molecule has 0 saturated heterocycles. The van der Waals surface area contributed by atoms with Crippen molar-refractivity contribution in [1.82, 2.24) is 20.7 Å². The van der Waals surface area contributed by atoms with Gasteiger partial charge in [-0.05, 0) is 30.4 Å². The number of amides is 4. The maximum Gasteiger partial charge on any atom is 0.319 e. The van der Waals surface area contributed by atoms with Crippen LogP contribution in [0.5, 0.6) is 0 Å². The number of anilines is 1. The van der Waals surface area contributed by atoms with Crippen LogP contribution >= 0.6 is 0 Å². The number of hydroxylamine groups is 1. The van der Waals surface area contributed by atoms with Crippen LogP contribution in [0.3, 0.4) is 0 Å². The average Bonchev–Trinajstić information content (AvgIpc) is 2.75. The number of fused-ring (bicyclic) bond motifs is 1. The van der Waals surface area contributed by atoms with Crippen LogP contribution in [0.4, 0.5) is 10.5 Å². The molecule has 1 aromatic carbocycles. The van der Waals surface area contributed by atoms with E-state index in [1.807, 2.05) is 45.0 Å². The van der Waals surface area contributed by atoms with E-state index < -0.39 is 5.91 Å². The predicted octanol–water partition coefficient (Wildman–Crippen LogP) is 2.76. The number of hydrogen-bond acceptors (Lipinski definition) is 5. The van der Waals surface area contributed by atoms with Gasteiger partial charge in [-0.25, -0.2) is 10.3 Å². The molecule has 0 fully saturated rings. The number of hydrogen-bond donors (Lipinski definition) is 4. The lowest BCUT2D eigenvalue weighted by atomic mass is 10.1. The molecule has 31 heavy (non-hydrogen) atoms. The van der Waals surface area contributed by atoms with E-state index in [1.165, 1.54) is 4.90 Å². The second kappa shape index (κ2) is 11.8. The highest BCUT2D eigenvalue weighted by Gasteiger charge is 2.20. The Balaban J connectivity index is 1.87. The molecule has 4 N–H and O–H groups in total. The topological polar surface area (TPSA) is 124 Å². The van der Waals surface area contributed by atoms with Crippen molar-refractivity contribution < 1.29 is 19.6 Å². The van der Waals surface area contributed by atoms with Crippen molar-refractivity contribution in [1.29, 1.82) is 0 Å². The van der Waals surface area contributed by atoms with Gasteiger partial charge in [0.15, 0.2) is 0 Å². The van der Waals surface area contributed by atoms with E-state index >= 15 is 0 Å². The Hall–Kier alpha value is -3.20. The lowest BCUT2D eigenvalue weighted by Gasteiger charge is -2.24. The summed E-state index contributed by atoms with van der Waals surface area (Å²) in [5, 5.41) is 15.3. The number of pyridine rings is 1. The quantitative estimate of drug-likeness (QED) is 0.342. The Bertz CT molecular complexity index is 897. The molecule has 0 saturated carbocycles. The predicted molar refractivity (Wildman–Crippen MR) is 119 cm³/mol. The number of para-hydroxylation sites is 1. The minimum atomic E-state index is -0.633. The van der Waals surface area contributed by atoms with E-state index in [-0.39, 0.29) is 30.8 Å². The summed E-state index contributed by atoms with van der Waals surface area (Å²) in [6.45, 7) is 6.44. The third-order valence-electron chi connectivity index (χ3n) is 4.80. The van der Waals surface area contributed by atoms with Gasteiger partial charge in [-0.1, -0.05) is 39.0 Å². The Kier molecular flexibility index (Phi) is 9.20. The van der Waals surface area contributed by atoms with E-state index in [0.717, 1.165) is 11.8 Å². The highest BCUT2D eigenvalue weighted by Crippen LogP contribution is 2.20. The fourth-order valence-corrected chi connectivity index (χ4v) is 3.05. The van der Waals surface area contributed by atoms with E-state index in [9.17, 15) is 14.4 Å². The van der Waals surface area contributed by atoms with Crippen LogP contribution in [0.25, 0.3) is 10.9 Å². The summed E-state index contributed by atoms with van der Waals surface area (Å²) in [5.41, 5.74) is 2.87. The molecular weight excluding hydrogens is 398 g/mol. The van der Waals surface area contributed by atoms with E-state index in [4.69, 9.17) is 5.21 Å². The largest absolute Gasteiger partial charge is 0.338 e. The van der Waals surface area contributed by atoms with Crippen LogP contribution in [-0.4, -0.2) is 52.6 Å². The lowest BCUT2D eigenvalue weighted by molar-refractivity contribution is -0.140. The monoisotopic (exact) mass is 429 g/mol. The van der Waals surface area contributed by atoms with Gasteiger partial charge in [0, 0.05) is 31.1 Å². The summed E-state index contributed by atoms with van der Waals surface area (Å²) >= 11 is 0. The van der Waals surface area contributed by atoms with Crippen molar-refractivity contribution in [3.05, 3.63) is 36.5 Å². The Morgan fingerprint density at radius 2 is 1.87 bits per heavy atom. The maximum atomic E-state index is 12.6. The fourth-order valence-electron chi connectivity index (χ4n) is 3.05. The minimum absolute atomic E-state index is 0.136. The molecule has 0 bridgehead atoms. The Labute approximate surface area is 182 Å². The molecule has 4 amide bonds. The molecule has 168 valence electrons. The van der Waals surface area contributed by atoms with Crippen LogP contribution in [-0.2, 0) is 9.59 Å². The molecular formula is C22H31N5O4. The molecule has 2 aromatic rings. The van der Waals surface area contributed by atoms with E-state index in [2.05, 4.69) is 15.6 Å². The van der Waals surface area contributed by atoms with Crippen LogP contribution in [0.15, 0.2) is 36.5 Å². The molecule has 0 aliphatic rings. The first-order chi connectivity index (χ1) is 14.8. The first kappa shape index (κ1) is 24.1. The van der Waals surface area contributed by atoms with Crippen molar-refractivity contribution in [2.24, 2.45) is 11.8 Å². The van der Waals surface area contributed by atoms with Gasteiger partial charge in [-0.2, -0.15) is 0 Å². The number of benzene rings is 1. The normalized spacial score (nSPS) is 11.8. The number of nitrogens with one attached hydrogen (secondary N) is 3. The van der Waals surface area contributed by atoms with Gasteiger partial charge in [-0.15, -0.1) is 0 Å². The van der Waals surface area contributed by atoms with Crippen LogP contribution in [0.2, 0.25) is 0 Å². The first-order valence-corrected chi connectivity index (χ1v) is 10.4. The summed E-state index contributed by atoms with van der Waals surface area (Å²) in [7, 11) is 0. The molecule has 0 unspecified atom stereocenters. The average molecular weight is 430 g/mol. The highest BCUT2D eigenvalue weighted by molar-refractivity contribution is 5.99. The van der Waals surface area contributed by atoms with Gasteiger partial charge < -0.3 is 15.5 Å². The lowest BCUT2D eigenvalue weighted by Crippen LogP contribution is -2.42. The number of aromatic nitrogens is 1. The molecule has 0 radical (unpaired) electrons. The molecule has 2 rings (SSSR count). The van der Waals surface area contributed by atoms with Gasteiger partial charge >= 0.3 is 6.03 Å². The second-order valence-electron chi connectivity index (χ2n) is 8.06. The van der Waals surface area contributed by atoms with Gasteiger partial charge in [0.05, 0.1) is 11.2 Å². The highest BCUT2D eigenvalue weighted by atomic mass is 16.5. The van der Waals surface area contributed by atoms with Gasteiger partial charge in [0.25, 0.3) is 5.91 Å². The molecule has 9 nitrogen and oxygen atoms in total. The third kappa shape index (κ3) is 7.86. The van der Waals surface area contributed by atoms with Crippen LogP contribution in [0, 0.1) is 11.8 Å². The zero-order chi connectivity index (χ0) is 22.8. The zero-order valence-electron chi connectivity index (χ0n) is 18.2. The standard InChI is InChI=1S/C22H31N5O4/c1-15(2)9-11-27(14-19(28)26-31)20(29)12-16(3)13-24-22(30)25-18-8-4-6-17-7-5-10-23-21(17)18/h4-8,10,15-16,31H,9,11-14H2,1-3H3,(H,26,28)(H2,24,25,30)/t16-/m0/s1. The van der Waals surface area contributed by atoms with Crippen molar-refractivity contribution in [2.45, 2.75) is 33.6 Å². The number of rotatable bonds is 10. The number of urea groups is 1. The second-order valence-corrected chi connectivity index (χ2v) is 8.06. The Morgan fingerprint density at radius 1 is 1.13 bits per heavy atom. The zero-order valence-corrected chi connectivity index (χ0v) is 18.2. The summed E-state index contributed by atoms with van der Waals surface area (Å²) in [4.78, 5) is 42.2. The third-order valence-corrected chi connectivity index (χ3v) is 4.80. The minimum Gasteiger partial charge on any atom is -0.338 e.